The molecule has 2 heterocycles. The molecule has 2 rings (SSSR count). The van der Waals surface area contributed by atoms with Crippen molar-refractivity contribution in [3.05, 3.63) is 29.6 Å². The topological polar surface area (TPSA) is 16.1 Å². The van der Waals surface area contributed by atoms with Crippen LogP contribution in [0.1, 0.15) is 63.6 Å². The van der Waals surface area contributed by atoms with Crippen LogP contribution in [-0.4, -0.2) is 29.0 Å². The van der Waals surface area contributed by atoms with E-state index in [-0.39, 0.29) is 0 Å². The Balaban J connectivity index is 1.97. The van der Waals surface area contributed by atoms with E-state index in [1.54, 1.807) is 0 Å². The van der Waals surface area contributed by atoms with Crippen molar-refractivity contribution in [1.82, 2.24) is 9.88 Å². The molecule has 0 atom stereocenters. The Kier molecular flexibility index (Phi) is 4.39. The normalized spacial score (nSPS) is 18.8. The summed E-state index contributed by atoms with van der Waals surface area (Å²) >= 11 is 0. The molecule has 1 fully saturated rings. The second-order valence-corrected chi connectivity index (χ2v) is 6.08. The summed E-state index contributed by atoms with van der Waals surface area (Å²) in [4.78, 5) is 7.17. The van der Waals surface area contributed by atoms with Crippen LogP contribution in [0.25, 0.3) is 0 Å². The van der Waals surface area contributed by atoms with Crippen LogP contribution in [0.2, 0.25) is 0 Å². The van der Waals surface area contributed by atoms with E-state index in [1.807, 2.05) is 0 Å². The van der Waals surface area contributed by atoms with E-state index in [4.69, 9.17) is 0 Å². The second kappa shape index (κ2) is 5.83. The molecule has 0 spiro atoms. The molecule has 1 saturated heterocycles. The monoisotopic (exact) mass is 246 g/mol. The Morgan fingerprint density at radius 2 is 1.78 bits per heavy atom. The van der Waals surface area contributed by atoms with E-state index in [9.17, 15) is 0 Å². The first kappa shape index (κ1) is 13.5. The van der Waals surface area contributed by atoms with Crippen LogP contribution in [-0.2, 0) is 0 Å². The molecule has 0 aliphatic carbocycles. The third-order valence-corrected chi connectivity index (χ3v) is 4.13. The molecule has 0 amide bonds. The van der Waals surface area contributed by atoms with Crippen molar-refractivity contribution < 1.29 is 0 Å². The first-order chi connectivity index (χ1) is 8.58. The molecule has 1 aliphatic heterocycles. The first-order valence-corrected chi connectivity index (χ1v) is 7.28. The lowest BCUT2D eigenvalue weighted by Crippen LogP contribution is -2.37. The number of aromatic nitrogens is 1. The van der Waals surface area contributed by atoms with Crippen molar-refractivity contribution in [1.29, 1.82) is 0 Å². The van der Waals surface area contributed by atoms with Gasteiger partial charge in [-0.3, -0.25) is 4.98 Å². The number of hydrogen-bond donors (Lipinski definition) is 0. The molecule has 18 heavy (non-hydrogen) atoms. The predicted molar refractivity (Wildman–Crippen MR) is 77.0 cm³/mol. The Hall–Kier alpha value is -0.890. The average molecular weight is 246 g/mol. The average Bonchev–Trinajstić information content (AvgIpc) is 2.39. The van der Waals surface area contributed by atoms with E-state index in [0.29, 0.717) is 17.9 Å². The molecule has 0 radical (unpaired) electrons. The number of piperidine rings is 1. The van der Waals surface area contributed by atoms with Gasteiger partial charge in [-0.1, -0.05) is 19.9 Å². The zero-order chi connectivity index (χ0) is 13.1. The molecule has 2 heteroatoms. The predicted octanol–water partition coefficient (Wildman–Crippen LogP) is 3.79. The van der Waals surface area contributed by atoms with Gasteiger partial charge in [0.1, 0.15) is 0 Å². The number of nitrogens with zero attached hydrogens (tertiary/aromatic N) is 2. The third kappa shape index (κ3) is 3.11. The molecule has 1 aromatic heterocycles. The zero-order valence-corrected chi connectivity index (χ0v) is 12.2. The molecule has 1 aromatic rings. The number of rotatable bonds is 3. The van der Waals surface area contributed by atoms with E-state index in [0.717, 1.165) is 0 Å². The van der Waals surface area contributed by atoms with Gasteiger partial charge in [0.15, 0.2) is 0 Å². The molecular formula is C16H26N2. The minimum atomic E-state index is 0.529. The van der Waals surface area contributed by atoms with Gasteiger partial charge in [0.05, 0.1) is 0 Å². The first-order valence-electron chi connectivity index (χ1n) is 7.28. The smallest absolute Gasteiger partial charge is 0.0429 e. The lowest BCUT2D eigenvalue weighted by Gasteiger charge is -2.34. The van der Waals surface area contributed by atoms with Crippen LogP contribution in [0.5, 0.6) is 0 Å². The van der Waals surface area contributed by atoms with E-state index < -0.39 is 0 Å². The summed E-state index contributed by atoms with van der Waals surface area (Å²) in [6.45, 7) is 11.4. The van der Waals surface area contributed by atoms with Gasteiger partial charge in [-0.15, -0.1) is 0 Å². The quantitative estimate of drug-likeness (QED) is 0.806. The fourth-order valence-corrected chi connectivity index (χ4v) is 2.75. The minimum absolute atomic E-state index is 0.529. The molecule has 100 valence electrons. The van der Waals surface area contributed by atoms with Crippen LogP contribution >= 0.6 is 0 Å². The molecule has 0 N–H and O–H groups in total. The Bertz CT molecular complexity index is 359. The highest BCUT2D eigenvalue weighted by Gasteiger charge is 2.22. The molecule has 2 nitrogen and oxygen atoms in total. The second-order valence-electron chi connectivity index (χ2n) is 6.08. The lowest BCUT2D eigenvalue weighted by atomic mass is 9.89. The standard InChI is InChI=1S/C16H26N2/c1-12(2)16-6-5-15(11-17-16)14-7-9-18(10-8-14)13(3)4/h5-6,11-14H,7-10H2,1-4H3. The summed E-state index contributed by atoms with van der Waals surface area (Å²) in [6.07, 6.45) is 4.66. The highest BCUT2D eigenvalue weighted by Crippen LogP contribution is 2.28. The molecule has 0 aromatic carbocycles. The van der Waals surface area contributed by atoms with Crippen LogP contribution in [0, 0.1) is 0 Å². The van der Waals surface area contributed by atoms with Gasteiger partial charge < -0.3 is 4.90 Å². The lowest BCUT2D eigenvalue weighted by molar-refractivity contribution is 0.172. The van der Waals surface area contributed by atoms with Gasteiger partial charge in [0.25, 0.3) is 0 Å². The summed E-state index contributed by atoms with van der Waals surface area (Å²) in [6, 6.07) is 5.18. The maximum atomic E-state index is 4.59. The maximum absolute atomic E-state index is 4.59. The van der Waals surface area contributed by atoms with Gasteiger partial charge in [-0.05, 0) is 63.2 Å². The van der Waals surface area contributed by atoms with Crippen molar-refractivity contribution in [2.45, 2.75) is 58.4 Å². The Morgan fingerprint density at radius 3 is 2.22 bits per heavy atom. The van der Waals surface area contributed by atoms with Crippen molar-refractivity contribution in [2.75, 3.05) is 13.1 Å². The van der Waals surface area contributed by atoms with Gasteiger partial charge in [-0.2, -0.15) is 0 Å². The van der Waals surface area contributed by atoms with Crippen molar-refractivity contribution >= 4 is 0 Å². The third-order valence-electron chi connectivity index (χ3n) is 4.13. The summed E-state index contributed by atoms with van der Waals surface area (Å²) in [5.74, 6) is 1.25. The number of likely N-dealkylation sites (tertiary alicyclic amines) is 1. The fraction of sp³-hybridized carbons (Fsp3) is 0.688. The summed E-state index contributed by atoms with van der Waals surface area (Å²) < 4.78 is 0. The van der Waals surface area contributed by atoms with Crippen molar-refractivity contribution in [3.8, 4) is 0 Å². The Morgan fingerprint density at radius 1 is 1.11 bits per heavy atom. The van der Waals surface area contributed by atoms with Crippen LogP contribution in [0.3, 0.4) is 0 Å². The van der Waals surface area contributed by atoms with Crippen molar-refractivity contribution in [3.63, 3.8) is 0 Å². The van der Waals surface area contributed by atoms with Gasteiger partial charge in [0.2, 0.25) is 0 Å². The Labute approximate surface area is 111 Å². The molecule has 0 bridgehead atoms. The van der Waals surface area contributed by atoms with Crippen LogP contribution in [0.15, 0.2) is 18.3 Å². The van der Waals surface area contributed by atoms with Crippen LogP contribution < -0.4 is 0 Å². The molecular weight excluding hydrogens is 220 g/mol. The molecule has 1 aliphatic rings. The van der Waals surface area contributed by atoms with E-state index in [2.05, 4.69) is 55.9 Å². The van der Waals surface area contributed by atoms with E-state index >= 15 is 0 Å². The largest absolute Gasteiger partial charge is 0.301 e. The van der Waals surface area contributed by atoms with Gasteiger partial charge in [0, 0.05) is 17.9 Å². The molecule has 0 unspecified atom stereocenters. The number of hydrogen-bond acceptors (Lipinski definition) is 2. The zero-order valence-electron chi connectivity index (χ0n) is 12.2. The highest BCUT2D eigenvalue weighted by molar-refractivity contribution is 5.20. The van der Waals surface area contributed by atoms with Gasteiger partial charge in [-0.25, -0.2) is 0 Å². The minimum Gasteiger partial charge on any atom is -0.301 e. The summed E-state index contributed by atoms with van der Waals surface area (Å²) in [5, 5.41) is 0. The summed E-state index contributed by atoms with van der Waals surface area (Å²) in [5.41, 5.74) is 2.64. The van der Waals surface area contributed by atoms with E-state index in [1.165, 1.54) is 37.2 Å². The summed E-state index contributed by atoms with van der Waals surface area (Å²) in [7, 11) is 0. The molecule has 0 saturated carbocycles. The number of pyridine rings is 1. The van der Waals surface area contributed by atoms with Crippen LogP contribution in [0.4, 0.5) is 0 Å². The van der Waals surface area contributed by atoms with Gasteiger partial charge >= 0.3 is 0 Å². The maximum Gasteiger partial charge on any atom is 0.0429 e. The van der Waals surface area contributed by atoms with Crippen molar-refractivity contribution in [2.24, 2.45) is 0 Å². The fourth-order valence-electron chi connectivity index (χ4n) is 2.75. The SMILES string of the molecule is CC(C)c1ccc(C2CCN(C(C)C)CC2)cn1. The highest BCUT2D eigenvalue weighted by atomic mass is 15.1.